The molecule has 0 spiro atoms. The lowest BCUT2D eigenvalue weighted by atomic mass is 10.1. The van der Waals surface area contributed by atoms with E-state index >= 15 is 0 Å². The predicted octanol–water partition coefficient (Wildman–Crippen LogP) is 1.10. The van der Waals surface area contributed by atoms with Gasteiger partial charge in [-0.1, -0.05) is 6.07 Å². The first kappa shape index (κ1) is 15.5. The molecule has 0 radical (unpaired) electrons. The first-order chi connectivity index (χ1) is 10.1. The van der Waals surface area contributed by atoms with Gasteiger partial charge in [-0.05, 0) is 24.6 Å². The van der Waals surface area contributed by atoms with Gasteiger partial charge in [0.2, 0.25) is 5.91 Å². The molecule has 1 heterocycles. The zero-order valence-corrected chi connectivity index (χ0v) is 12.3. The number of anilines is 1. The summed E-state index contributed by atoms with van der Waals surface area (Å²) in [6, 6.07) is 5.15. The van der Waals surface area contributed by atoms with Crippen LogP contribution in [-0.2, 0) is 14.3 Å². The van der Waals surface area contributed by atoms with Crippen LogP contribution in [0.5, 0.6) is 0 Å². The highest BCUT2D eigenvalue weighted by atomic mass is 16.5. The number of morpholine rings is 1. The molecule has 1 saturated heterocycles. The molecule has 114 valence electrons. The Balaban J connectivity index is 2.01. The van der Waals surface area contributed by atoms with E-state index in [1.807, 2.05) is 0 Å². The fourth-order valence-corrected chi connectivity index (χ4v) is 2.26. The molecule has 2 N–H and O–H groups in total. The Bertz CT molecular complexity index is 524. The van der Waals surface area contributed by atoms with Gasteiger partial charge in [0.25, 0.3) is 0 Å². The molecule has 1 amide bonds. The van der Waals surface area contributed by atoms with Crippen LogP contribution in [0.2, 0.25) is 0 Å². The Hall–Kier alpha value is -1.92. The zero-order valence-electron chi connectivity index (χ0n) is 12.3. The molecule has 6 heteroatoms. The number of carbonyl (C=O) groups is 2. The molecule has 1 aromatic carbocycles. The van der Waals surface area contributed by atoms with E-state index in [2.05, 4.69) is 10.6 Å². The van der Waals surface area contributed by atoms with Crippen LogP contribution >= 0.6 is 0 Å². The standard InChI is InChI=1S/C15H20N2O4/c1-10-12(15(19)20-2)4-3-5-13(10)17-14(18)8-11-9-16-6-7-21-11/h3-5,11,16H,6-9H2,1-2H3,(H,17,18). The number of methoxy groups -OCH3 is 1. The quantitative estimate of drug-likeness (QED) is 0.813. The molecule has 0 aliphatic carbocycles. The maximum Gasteiger partial charge on any atom is 0.338 e. The van der Waals surface area contributed by atoms with E-state index in [1.54, 1.807) is 25.1 Å². The molecular weight excluding hydrogens is 272 g/mol. The lowest BCUT2D eigenvalue weighted by molar-refractivity contribution is -0.119. The van der Waals surface area contributed by atoms with Crippen LogP contribution < -0.4 is 10.6 Å². The Morgan fingerprint density at radius 3 is 2.95 bits per heavy atom. The zero-order chi connectivity index (χ0) is 15.2. The minimum atomic E-state index is -0.414. The Morgan fingerprint density at radius 2 is 2.29 bits per heavy atom. The molecule has 2 rings (SSSR count). The van der Waals surface area contributed by atoms with Crippen LogP contribution in [0.25, 0.3) is 0 Å². The normalized spacial score (nSPS) is 18.1. The van der Waals surface area contributed by atoms with Crippen molar-refractivity contribution in [2.45, 2.75) is 19.4 Å². The summed E-state index contributed by atoms with van der Waals surface area (Å²) in [7, 11) is 1.33. The first-order valence-corrected chi connectivity index (χ1v) is 6.92. The fraction of sp³-hybridized carbons (Fsp3) is 0.467. The second-order valence-electron chi connectivity index (χ2n) is 4.92. The molecule has 1 aliphatic heterocycles. The Kier molecular flexibility index (Phi) is 5.30. The van der Waals surface area contributed by atoms with E-state index < -0.39 is 5.97 Å². The van der Waals surface area contributed by atoms with Crippen molar-refractivity contribution in [1.29, 1.82) is 0 Å². The van der Waals surface area contributed by atoms with Crippen molar-refractivity contribution in [2.75, 3.05) is 32.1 Å². The van der Waals surface area contributed by atoms with E-state index in [0.29, 0.717) is 30.0 Å². The predicted molar refractivity (Wildman–Crippen MR) is 78.4 cm³/mol. The van der Waals surface area contributed by atoms with Gasteiger partial charge in [0.05, 0.1) is 31.8 Å². The van der Waals surface area contributed by atoms with Crippen molar-refractivity contribution in [3.05, 3.63) is 29.3 Å². The van der Waals surface area contributed by atoms with Crippen LogP contribution in [0.3, 0.4) is 0 Å². The fourth-order valence-electron chi connectivity index (χ4n) is 2.26. The van der Waals surface area contributed by atoms with Gasteiger partial charge in [0.1, 0.15) is 0 Å². The number of hydrogen-bond donors (Lipinski definition) is 2. The third-order valence-corrected chi connectivity index (χ3v) is 3.43. The highest BCUT2D eigenvalue weighted by Gasteiger charge is 2.18. The van der Waals surface area contributed by atoms with Gasteiger partial charge in [0.15, 0.2) is 0 Å². The second-order valence-corrected chi connectivity index (χ2v) is 4.92. The summed E-state index contributed by atoms with van der Waals surface area (Å²) in [5, 5.41) is 6.00. The maximum absolute atomic E-state index is 12.0. The summed E-state index contributed by atoms with van der Waals surface area (Å²) in [4.78, 5) is 23.7. The number of rotatable bonds is 4. The van der Waals surface area contributed by atoms with Gasteiger partial charge < -0.3 is 20.1 Å². The molecule has 1 aromatic rings. The van der Waals surface area contributed by atoms with E-state index in [9.17, 15) is 9.59 Å². The molecule has 0 aromatic heterocycles. The SMILES string of the molecule is COC(=O)c1cccc(NC(=O)CC2CNCCO2)c1C. The van der Waals surface area contributed by atoms with Crippen molar-refractivity contribution in [3.63, 3.8) is 0 Å². The summed E-state index contributed by atoms with van der Waals surface area (Å²) in [6.07, 6.45) is 0.178. The molecule has 1 atom stereocenters. The number of hydrogen-bond acceptors (Lipinski definition) is 5. The number of benzene rings is 1. The molecular formula is C15H20N2O4. The van der Waals surface area contributed by atoms with Crippen molar-refractivity contribution >= 4 is 17.6 Å². The minimum absolute atomic E-state index is 0.108. The van der Waals surface area contributed by atoms with Gasteiger partial charge in [0, 0.05) is 18.8 Å². The third-order valence-electron chi connectivity index (χ3n) is 3.43. The minimum Gasteiger partial charge on any atom is -0.465 e. The summed E-state index contributed by atoms with van der Waals surface area (Å²) >= 11 is 0. The largest absolute Gasteiger partial charge is 0.465 e. The van der Waals surface area contributed by atoms with Gasteiger partial charge >= 0.3 is 5.97 Å². The average molecular weight is 292 g/mol. The van der Waals surface area contributed by atoms with Crippen LogP contribution in [-0.4, -0.2) is 44.8 Å². The van der Waals surface area contributed by atoms with E-state index in [-0.39, 0.29) is 18.4 Å². The molecule has 1 aliphatic rings. The molecule has 0 bridgehead atoms. The molecule has 6 nitrogen and oxygen atoms in total. The van der Waals surface area contributed by atoms with Gasteiger partial charge in [-0.2, -0.15) is 0 Å². The lowest BCUT2D eigenvalue weighted by Gasteiger charge is -2.23. The molecule has 21 heavy (non-hydrogen) atoms. The van der Waals surface area contributed by atoms with Crippen molar-refractivity contribution < 1.29 is 19.1 Å². The van der Waals surface area contributed by atoms with Gasteiger partial charge in [-0.3, -0.25) is 4.79 Å². The summed E-state index contributed by atoms with van der Waals surface area (Å²) in [5.41, 5.74) is 1.76. The highest BCUT2D eigenvalue weighted by molar-refractivity contribution is 5.96. The van der Waals surface area contributed by atoms with Crippen molar-refractivity contribution in [1.82, 2.24) is 5.32 Å². The smallest absolute Gasteiger partial charge is 0.338 e. The monoisotopic (exact) mass is 292 g/mol. The third kappa shape index (κ3) is 4.03. The first-order valence-electron chi connectivity index (χ1n) is 6.92. The molecule has 1 unspecified atom stereocenters. The van der Waals surface area contributed by atoms with Gasteiger partial charge in [-0.15, -0.1) is 0 Å². The topological polar surface area (TPSA) is 76.7 Å². The van der Waals surface area contributed by atoms with Crippen molar-refractivity contribution in [2.24, 2.45) is 0 Å². The Morgan fingerprint density at radius 1 is 1.48 bits per heavy atom. The van der Waals surface area contributed by atoms with E-state index in [1.165, 1.54) is 7.11 Å². The Labute approximate surface area is 123 Å². The molecule has 1 fully saturated rings. The van der Waals surface area contributed by atoms with Crippen LogP contribution in [0.1, 0.15) is 22.3 Å². The highest BCUT2D eigenvalue weighted by Crippen LogP contribution is 2.20. The number of amides is 1. The summed E-state index contributed by atoms with van der Waals surface area (Å²) in [5.74, 6) is -0.544. The van der Waals surface area contributed by atoms with Crippen LogP contribution in [0, 0.1) is 6.92 Å². The lowest BCUT2D eigenvalue weighted by Crippen LogP contribution is -2.40. The maximum atomic E-state index is 12.0. The van der Waals surface area contributed by atoms with E-state index in [0.717, 1.165) is 6.54 Å². The number of ether oxygens (including phenoxy) is 2. The van der Waals surface area contributed by atoms with Crippen LogP contribution in [0.4, 0.5) is 5.69 Å². The summed E-state index contributed by atoms with van der Waals surface area (Å²) in [6.45, 7) is 3.89. The van der Waals surface area contributed by atoms with Gasteiger partial charge in [-0.25, -0.2) is 4.79 Å². The van der Waals surface area contributed by atoms with Crippen LogP contribution in [0.15, 0.2) is 18.2 Å². The number of esters is 1. The number of nitrogens with one attached hydrogen (secondary N) is 2. The molecule has 0 saturated carbocycles. The summed E-state index contributed by atoms with van der Waals surface area (Å²) < 4.78 is 10.2. The number of carbonyl (C=O) groups excluding carboxylic acids is 2. The second kappa shape index (κ2) is 7.19. The van der Waals surface area contributed by atoms with E-state index in [4.69, 9.17) is 9.47 Å². The van der Waals surface area contributed by atoms with Crippen molar-refractivity contribution in [3.8, 4) is 0 Å². The average Bonchev–Trinajstić information content (AvgIpc) is 2.49.